The minimum Gasteiger partial charge on any atom is -0.346 e. The number of carbonyl (C=O) groups excluding carboxylic acids is 2. The molecule has 2 N–H and O–H groups in total. The summed E-state index contributed by atoms with van der Waals surface area (Å²) in [5.41, 5.74) is -2.92. The number of alkyl halides is 5. The molecule has 0 radical (unpaired) electrons. The minimum atomic E-state index is -5.91. The molecule has 0 aliphatic heterocycles. The van der Waals surface area contributed by atoms with Crippen LogP contribution in [0.1, 0.15) is 40.1 Å². The van der Waals surface area contributed by atoms with E-state index in [4.69, 9.17) is 0 Å². The molecule has 0 saturated heterocycles. The lowest BCUT2D eigenvalue weighted by Gasteiger charge is -2.26. The molecule has 180 valence electrons. The Bertz CT molecular complexity index is 1060. The fourth-order valence-electron chi connectivity index (χ4n) is 2.88. The number of anilines is 1. The Labute approximate surface area is 204 Å². The lowest BCUT2D eigenvalue weighted by atomic mass is 10.0. The Balaban J connectivity index is 2.35. The average Bonchev–Trinajstić information content (AvgIpc) is 2.67. The molecule has 0 aliphatic rings. The van der Waals surface area contributed by atoms with E-state index in [1.807, 2.05) is 28.8 Å². The normalized spacial score (nSPS) is 12.4. The summed E-state index contributed by atoms with van der Waals surface area (Å²) < 4.78 is 79.2. The number of hydrogen-bond acceptors (Lipinski definition) is 3. The zero-order chi connectivity index (χ0) is 25.2. The lowest BCUT2D eigenvalue weighted by molar-refractivity contribution is -0.289. The summed E-state index contributed by atoms with van der Waals surface area (Å²) >= 11 is 3.36. The Morgan fingerprint density at radius 1 is 1.03 bits per heavy atom. The van der Waals surface area contributed by atoms with E-state index in [9.17, 15) is 35.9 Å². The summed E-state index contributed by atoms with van der Waals surface area (Å²) in [4.78, 5) is 25.7. The number of thioether (sulfide) groups is 1. The molecule has 0 spiro atoms. The fourth-order valence-corrected chi connectivity index (χ4v) is 4.41. The van der Waals surface area contributed by atoms with E-state index in [0.717, 1.165) is 0 Å². The van der Waals surface area contributed by atoms with Gasteiger partial charge in [0, 0.05) is 20.4 Å². The van der Waals surface area contributed by atoms with E-state index in [1.165, 1.54) is 23.9 Å². The van der Waals surface area contributed by atoms with Gasteiger partial charge in [0.05, 0.1) is 16.8 Å². The highest BCUT2D eigenvalue weighted by Gasteiger charge is 2.58. The lowest BCUT2D eigenvalue weighted by Crippen LogP contribution is -2.46. The first-order valence-electron chi connectivity index (χ1n) is 9.26. The van der Waals surface area contributed by atoms with Crippen LogP contribution in [-0.2, 0) is 5.92 Å². The number of amides is 2. The molecular weight excluding hydrogens is 585 g/mol. The maximum atomic E-state index is 14.3. The Kier molecular flexibility index (Phi) is 8.37. The van der Waals surface area contributed by atoms with Gasteiger partial charge in [-0.3, -0.25) is 9.59 Å². The van der Waals surface area contributed by atoms with Crippen molar-refractivity contribution < 1.29 is 35.9 Å². The average molecular weight is 604 g/mol. The molecule has 0 saturated carbocycles. The summed E-state index contributed by atoms with van der Waals surface area (Å²) in [6.45, 7) is 3.59. The summed E-state index contributed by atoms with van der Waals surface area (Å²) in [6, 6.07) is 5.39. The van der Waals surface area contributed by atoms with Gasteiger partial charge in [0.2, 0.25) is 0 Å². The first kappa shape index (κ1) is 27.3. The standard InChI is InChI=1S/C21H19F6IN2O2S/c1-19(2,10-33-3)30-18(32)16-12(5-4-6-14(16)28)17(31)29-15-8-7-11(9-13(15)22)20(23,24)21(25,26)27/h4-9H,10H2,1-3H3,(H,29,31)(H,30,32). The first-order valence-corrected chi connectivity index (χ1v) is 11.7. The molecule has 0 bridgehead atoms. The van der Waals surface area contributed by atoms with Crippen LogP contribution in [-0.4, -0.2) is 35.5 Å². The van der Waals surface area contributed by atoms with Crippen LogP contribution in [0.2, 0.25) is 0 Å². The zero-order valence-electron chi connectivity index (χ0n) is 17.5. The third-order valence-electron chi connectivity index (χ3n) is 4.38. The van der Waals surface area contributed by atoms with Crippen LogP contribution >= 0.6 is 34.4 Å². The Hall–Kier alpha value is -1.96. The van der Waals surface area contributed by atoms with Gasteiger partial charge in [-0.25, -0.2) is 4.39 Å². The third kappa shape index (κ3) is 6.34. The van der Waals surface area contributed by atoms with E-state index in [0.29, 0.717) is 21.5 Å². The largest absolute Gasteiger partial charge is 0.458 e. The molecule has 0 aliphatic carbocycles. The van der Waals surface area contributed by atoms with Gasteiger partial charge in [0.1, 0.15) is 5.82 Å². The van der Waals surface area contributed by atoms with Crippen molar-refractivity contribution in [3.05, 3.63) is 62.5 Å². The second-order valence-corrected chi connectivity index (χ2v) is 9.68. The Morgan fingerprint density at radius 2 is 1.67 bits per heavy atom. The van der Waals surface area contributed by atoms with Crippen molar-refractivity contribution in [2.45, 2.75) is 31.5 Å². The van der Waals surface area contributed by atoms with Gasteiger partial charge in [-0.2, -0.15) is 33.7 Å². The van der Waals surface area contributed by atoms with Crippen LogP contribution in [0.5, 0.6) is 0 Å². The summed E-state index contributed by atoms with van der Waals surface area (Å²) in [6.07, 6.45) is -4.04. The maximum Gasteiger partial charge on any atom is 0.458 e. The van der Waals surface area contributed by atoms with Crippen molar-refractivity contribution in [1.29, 1.82) is 0 Å². The molecule has 12 heteroatoms. The van der Waals surface area contributed by atoms with Crippen molar-refractivity contribution in [2.24, 2.45) is 0 Å². The van der Waals surface area contributed by atoms with E-state index in [1.54, 1.807) is 19.9 Å². The van der Waals surface area contributed by atoms with Gasteiger partial charge >= 0.3 is 12.1 Å². The van der Waals surface area contributed by atoms with Crippen LogP contribution in [0.3, 0.4) is 0 Å². The number of rotatable bonds is 7. The van der Waals surface area contributed by atoms with E-state index < -0.39 is 46.5 Å². The number of carbonyl (C=O) groups is 2. The smallest absolute Gasteiger partial charge is 0.346 e. The second kappa shape index (κ2) is 10.1. The first-order chi connectivity index (χ1) is 15.1. The highest BCUT2D eigenvalue weighted by molar-refractivity contribution is 14.1. The molecule has 2 aromatic rings. The van der Waals surface area contributed by atoms with E-state index in [-0.39, 0.29) is 17.2 Å². The van der Waals surface area contributed by atoms with Crippen LogP contribution in [0, 0.1) is 9.39 Å². The van der Waals surface area contributed by atoms with Crippen molar-refractivity contribution in [1.82, 2.24) is 5.32 Å². The summed E-state index contributed by atoms with van der Waals surface area (Å²) in [5.74, 6) is -7.65. The van der Waals surface area contributed by atoms with Gasteiger partial charge in [-0.1, -0.05) is 12.1 Å². The topological polar surface area (TPSA) is 58.2 Å². The number of halogens is 7. The highest BCUT2D eigenvalue weighted by Crippen LogP contribution is 2.44. The molecule has 0 fully saturated rings. The van der Waals surface area contributed by atoms with Gasteiger partial charge in [-0.15, -0.1) is 0 Å². The van der Waals surface area contributed by atoms with Gasteiger partial charge in [0.15, 0.2) is 0 Å². The molecule has 2 rings (SSSR count). The molecule has 0 aromatic heterocycles. The molecular formula is C21H19F6IN2O2S. The van der Waals surface area contributed by atoms with Crippen molar-refractivity contribution in [3.8, 4) is 0 Å². The number of nitrogens with one attached hydrogen (secondary N) is 2. The quantitative estimate of drug-likeness (QED) is 0.292. The molecule has 0 heterocycles. The molecule has 4 nitrogen and oxygen atoms in total. The third-order valence-corrected chi connectivity index (χ3v) is 6.29. The highest BCUT2D eigenvalue weighted by atomic mass is 127. The van der Waals surface area contributed by atoms with Crippen molar-refractivity contribution >= 4 is 51.9 Å². The molecule has 2 aromatic carbocycles. The van der Waals surface area contributed by atoms with Crippen LogP contribution < -0.4 is 10.6 Å². The Morgan fingerprint density at radius 3 is 2.21 bits per heavy atom. The SMILES string of the molecule is CSCC(C)(C)NC(=O)c1c(I)cccc1C(=O)Nc1ccc(C(F)(F)C(F)(F)F)cc1F. The molecule has 0 atom stereocenters. The number of hydrogen-bond donors (Lipinski definition) is 2. The van der Waals surface area contributed by atoms with Gasteiger partial charge in [-0.05, 0) is 67.0 Å². The fraction of sp³-hybridized carbons (Fsp3) is 0.333. The zero-order valence-corrected chi connectivity index (χ0v) is 20.5. The molecule has 33 heavy (non-hydrogen) atoms. The second-order valence-electron chi connectivity index (χ2n) is 7.65. The van der Waals surface area contributed by atoms with E-state index in [2.05, 4.69) is 10.6 Å². The molecule has 2 amide bonds. The predicted octanol–water partition coefficient (Wildman–Crippen LogP) is 6.21. The maximum absolute atomic E-state index is 14.3. The number of benzene rings is 2. The minimum absolute atomic E-state index is 0.0103. The molecule has 0 unspecified atom stereocenters. The van der Waals surface area contributed by atoms with E-state index >= 15 is 0 Å². The summed E-state index contributed by atoms with van der Waals surface area (Å²) in [5, 5.41) is 4.94. The monoisotopic (exact) mass is 604 g/mol. The van der Waals surface area contributed by atoms with Crippen LogP contribution in [0.25, 0.3) is 0 Å². The van der Waals surface area contributed by atoms with Gasteiger partial charge in [0.25, 0.3) is 11.8 Å². The van der Waals surface area contributed by atoms with Crippen molar-refractivity contribution in [2.75, 3.05) is 17.3 Å². The van der Waals surface area contributed by atoms with Crippen LogP contribution in [0.4, 0.5) is 32.0 Å². The summed E-state index contributed by atoms with van der Waals surface area (Å²) in [7, 11) is 0. The van der Waals surface area contributed by atoms with Crippen molar-refractivity contribution in [3.63, 3.8) is 0 Å². The van der Waals surface area contributed by atoms with Crippen LogP contribution in [0.15, 0.2) is 36.4 Å². The predicted molar refractivity (Wildman–Crippen MR) is 123 cm³/mol. The van der Waals surface area contributed by atoms with Gasteiger partial charge < -0.3 is 10.6 Å².